The molecule has 0 radical (unpaired) electrons. The predicted molar refractivity (Wildman–Crippen MR) is 58.2 cm³/mol. The van der Waals surface area contributed by atoms with E-state index in [0.29, 0.717) is 18.1 Å². The molecular formula is C10H13N5O. The molecule has 0 bridgehead atoms. The molecule has 0 unspecified atom stereocenters. The Morgan fingerprint density at radius 2 is 2.06 bits per heavy atom. The second-order valence-corrected chi connectivity index (χ2v) is 3.73. The lowest BCUT2D eigenvalue weighted by molar-refractivity contribution is 0.384. The number of hydrogen-bond donors (Lipinski definition) is 1. The highest BCUT2D eigenvalue weighted by molar-refractivity contribution is 5.44. The van der Waals surface area contributed by atoms with Crippen molar-refractivity contribution >= 4 is 0 Å². The maximum Gasteiger partial charge on any atom is 0.170 e. The first-order chi connectivity index (χ1) is 7.68. The SMILES string of the molecule is CN(C)Cc1nnnn1-c1ccccc1O. The average molecular weight is 219 g/mol. The van der Waals surface area contributed by atoms with Gasteiger partial charge in [-0.05, 0) is 36.7 Å². The van der Waals surface area contributed by atoms with Gasteiger partial charge in [0.1, 0.15) is 11.4 Å². The molecule has 0 saturated heterocycles. The Morgan fingerprint density at radius 3 is 2.75 bits per heavy atom. The van der Waals surface area contributed by atoms with Crippen LogP contribution in [0.15, 0.2) is 24.3 Å². The van der Waals surface area contributed by atoms with E-state index in [0.717, 1.165) is 0 Å². The summed E-state index contributed by atoms with van der Waals surface area (Å²) in [5.41, 5.74) is 0.587. The molecule has 6 heteroatoms. The van der Waals surface area contributed by atoms with Crippen LogP contribution < -0.4 is 0 Å². The molecule has 0 saturated carbocycles. The third-order valence-electron chi connectivity index (χ3n) is 2.10. The van der Waals surface area contributed by atoms with Crippen LogP contribution in [0.25, 0.3) is 5.69 Å². The fraction of sp³-hybridized carbons (Fsp3) is 0.300. The lowest BCUT2D eigenvalue weighted by Gasteiger charge is -2.10. The largest absolute Gasteiger partial charge is 0.506 e. The van der Waals surface area contributed by atoms with Gasteiger partial charge in [-0.1, -0.05) is 12.1 Å². The van der Waals surface area contributed by atoms with Crippen molar-refractivity contribution in [1.29, 1.82) is 0 Å². The highest BCUT2D eigenvalue weighted by Gasteiger charge is 2.11. The molecule has 84 valence electrons. The van der Waals surface area contributed by atoms with Crippen LogP contribution in [-0.2, 0) is 6.54 Å². The van der Waals surface area contributed by atoms with E-state index >= 15 is 0 Å². The monoisotopic (exact) mass is 219 g/mol. The number of para-hydroxylation sites is 2. The molecule has 0 spiro atoms. The summed E-state index contributed by atoms with van der Waals surface area (Å²) < 4.78 is 1.54. The number of phenolic OH excluding ortho intramolecular Hbond substituents is 1. The lowest BCUT2D eigenvalue weighted by atomic mass is 10.3. The second-order valence-electron chi connectivity index (χ2n) is 3.73. The van der Waals surface area contributed by atoms with Crippen molar-refractivity contribution < 1.29 is 5.11 Å². The molecule has 1 aromatic heterocycles. The van der Waals surface area contributed by atoms with Gasteiger partial charge >= 0.3 is 0 Å². The van der Waals surface area contributed by atoms with Crippen LogP contribution in [0.2, 0.25) is 0 Å². The van der Waals surface area contributed by atoms with Gasteiger partial charge in [-0.15, -0.1) is 5.10 Å². The zero-order chi connectivity index (χ0) is 11.5. The van der Waals surface area contributed by atoms with E-state index < -0.39 is 0 Å². The number of tetrazole rings is 1. The number of nitrogens with zero attached hydrogens (tertiary/aromatic N) is 5. The standard InChI is InChI=1S/C10H13N5O/c1-14(2)7-10-11-12-13-15(10)8-5-3-4-6-9(8)16/h3-6,16H,7H2,1-2H3. The summed E-state index contributed by atoms with van der Waals surface area (Å²) in [5, 5.41) is 21.1. The van der Waals surface area contributed by atoms with Gasteiger partial charge in [0.2, 0.25) is 0 Å². The summed E-state index contributed by atoms with van der Waals surface area (Å²) in [4.78, 5) is 1.96. The maximum atomic E-state index is 9.71. The molecule has 0 aliphatic carbocycles. The van der Waals surface area contributed by atoms with Gasteiger partial charge < -0.3 is 10.0 Å². The van der Waals surface area contributed by atoms with Crippen LogP contribution in [0.1, 0.15) is 5.82 Å². The number of aromatic nitrogens is 4. The van der Waals surface area contributed by atoms with E-state index in [1.54, 1.807) is 18.2 Å². The normalized spacial score (nSPS) is 10.9. The molecule has 2 aromatic rings. The van der Waals surface area contributed by atoms with E-state index in [1.165, 1.54) is 4.68 Å². The van der Waals surface area contributed by atoms with Crippen LogP contribution >= 0.6 is 0 Å². The summed E-state index contributed by atoms with van der Waals surface area (Å²) in [6.07, 6.45) is 0. The van der Waals surface area contributed by atoms with Crippen LogP contribution in [0.4, 0.5) is 0 Å². The number of rotatable bonds is 3. The van der Waals surface area contributed by atoms with Crippen molar-refractivity contribution in [2.24, 2.45) is 0 Å². The minimum Gasteiger partial charge on any atom is -0.506 e. The number of hydrogen-bond acceptors (Lipinski definition) is 5. The fourth-order valence-corrected chi connectivity index (χ4v) is 1.42. The fourth-order valence-electron chi connectivity index (χ4n) is 1.42. The van der Waals surface area contributed by atoms with Gasteiger partial charge in [0, 0.05) is 0 Å². The zero-order valence-corrected chi connectivity index (χ0v) is 9.20. The minimum absolute atomic E-state index is 0.162. The Morgan fingerprint density at radius 1 is 1.31 bits per heavy atom. The van der Waals surface area contributed by atoms with E-state index in [2.05, 4.69) is 15.5 Å². The molecule has 16 heavy (non-hydrogen) atoms. The van der Waals surface area contributed by atoms with E-state index in [9.17, 15) is 5.11 Å². The predicted octanol–water partition coefficient (Wildman–Crippen LogP) is 0.429. The Bertz CT molecular complexity index is 480. The summed E-state index contributed by atoms with van der Waals surface area (Å²) in [5.74, 6) is 0.848. The number of benzene rings is 1. The quantitative estimate of drug-likeness (QED) is 0.810. The Balaban J connectivity index is 2.41. The molecule has 0 aliphatic heterocycles. The number of aromatic hydroxyl groups is 1. The molecule has 0 atom stereocenters. The van der Waals surface area contributed by atoms with Crippen LogP contribution in [0.3, 0.4) is 0 Å². The van der Waals surface area contributed by atoms with Crippen molar-refractivity contribution in [2.45, 2.75) is 6.54 Å². The lowest BCUT2D eigenvalue weighted by Crippen LogP contribution is -2.15. The third kappa shape index (κ3) is 2.01. The van der Waals surface area contributed by atoms with Crippen molar-refractivity contribution in [3.05, 3.63) is 30.1 Å². The maximum absolute atomic E-state index is 9.71. The highest BCUT2D eigenvalue weighted by Crippen LogP contribution is 2.20. The molecule has 2 rings (SSSR count). The van der Waals surface area contributed by atoms with Crippen molar-refractivity contribution in [1.82, 2.24) is 25.1 Å². The van der Waals surface area contributed by atoms with Crippen LogP contribution in [-0.4, -0.2) is 44.3 Å². The van der Waals surface area contributed by atoms with Gasteiger partial charge in [-0.25, -0.2) is 0 Å². The number of phenols is 1. The van der Waals surface area contributed by atoms with Gasteiger partial charge in [0.05, 0.1) is 6.54 Å². The molecule has 0 aliphatic rings. The first kappa shape index (κ1) is 10.6. The molecule has 1 N–H and O–H groups in total. The Labute approximate surface area is 93.1 Å². The second kappa shape index (κ2) is 4.28. The van der Waals surface area contributed by atoms with E-state index in [1.807, 2.05) is 25.1 Å². The zero-order valence-electron chi connectivity index (χ0n) is 9.20. The van der Waals surface area contributed by atoms with Gasteiger partial charge in [-0.3, -0.25) is 0 Å². The topological polar surface area (TPSA) is 67.1 Å². The van der Waals surface area contributed by atoms with Gasteiger partial charge in [0.15, 0.2) is 5.82 Å². The van der Waals surface area contributed by atoms with Crippen molar-refractivity contribution in [3.8, 4) is 11.4 Å². The first-order valence-corrected chi connectivity index (χ1v) is 4.89. The van der Waals surface area contributed by atoms with Crippen LogP contribution in [0.5, 0.6) is 5.75 Å². The Hall–Kier alpha value is -1.95. The average Bonchev–Trinajstić information content (AvgIpc) is 2.66. The van der Waals surface area contributed by atoms with Crippen LogP contribution in [0, 0.1) is 0 Å². The highest BCUT2D eigenvalue weighted by atomic mass is 16.3. The molecular weight excluding hydrogens is 206 g/mol. The summed E-state index contributed by atoms with van der Waals surface area (Å²) in [6, 6.07) is 6.96. The van der Waals surface area contributed by atoms with Crippen molar-refractivity contribution in [2.75, 3.05) is 14.1 Å². The molecule has 0 amide bonds. The summed E-state index contributed by atoms with van der Waals surface area (Å²) >= 11 is 0. The molecule has 1 aromatic carbocycles. The van der Waals surface area contributed by atoms with Gasteiger partial charge in [0.25, 0.3) is 0 Å². The minimum atomic E-state index is 0.162. The summed E-state index contributed by atoms with van der Waals surface area (Å²) in [6.45, 7) is 0.612. The van der Waals surface area contributed by atoms with E-state index in [4.69, 9.17) is 0 Å². The Kier molecular flexibility index (Phi) is 2.82. The molecule has 1 heterocycles. The van der Waals surface area contributed by atoms with Crippen molar-refractivity contribution in [3.63, 3.8) is 0 Å². The third-order valence-corrected chi connectivity index (χ3v) is 2.10. The molecule has 6 nitrogen and oxygen atoms in total. The first-order valence-electron chi connectivity index (χ1n) is 4.89. The summed E-state index contributed by atoms with van der Waals surface area (Å²) in [7, 11) is 3.87. The van der Waals surface area contributed by atoms with Gasteiger partial charge in [-0.2, -0.15) is 4.68 Å². The molecule has 0 fully saturated rings. The van der Waals surface area contributed by atoms with E-state index in [-0.39, 0.29) is 5.75 Å². The smallest absolute Gasteiger partial charge is 0.170 e.